The maximum atomic E-state index is 12.2. The molecule has 1 amide bonds. The highest BCUT2D eigenvalue weighted by Gasteiger charge is 2.10. The number of aryl methyl sites for hydroxylation is 1. The van der Waals surface area contributed by atoms with Crippen molar-refractivity contribution in [2.24, 2.45) is 0 Å². The number of carbonyl (C=O) groups is 1. The highest BCUT2D eigenvalue weighted by Crippen LogP contribution is 2.18. The number of fused-ring (bicyclic) bond motifs is 1. The molecule has 0 atom stereocenters. The van der Waals surface area contributed by atoms with Crippen LogP contribution in [0.1, 0.15) is 21.7 Å². The monoisotopic (exact) mass is 317 g/mol. The van der Waals surface area contributed by atoms with Gasteiger partial charge in [0.1, 0.15) is 5.65 Å². The molecule has 0 aromatic carbocycles. The van der Waals surface area contributed by atoms with Crippen LogP contribution in [0.3, 0.4) is 0 Å². The standard InChI is InChI=1S/C15H16ClN5O/c1-10-14(16)11(2)21(19-10)8-6-18-15(22)12-3-4-13-17-5-7-20(13)9-12/h3-5,7,9H,6,8H2,1-2H3,(H,18,22). The van der Waals surface area contributed by atoms with Crippen LogP contribution in [0.5, 0.6) is 0 Å². The van der Waals surface area contributed by atoms with E-state index in [0.717, 1.165) is 17.0 Å². The van der Waals surface area contributed by atoms with Gasteiger partial charge >= 0.3 is 0 Å². The maximum Gasteiger partial charge on any atom is 0.252 e. The molecule has 3 rings (SSSR count). The number of rotatable bonds is 4. The number of hydrogen-bond acceptors (Lipinski definition) is 3. The van der Waals surface area contributed by atoms with Crippen molar-refractivity contribution < 1.29 is 4.79 Å². The molecule has 3 heterocycles. The van der Waals surface area contributed by atoms with Crippen molar-refractivity contribution >= 4 is 23.2 Å². The van der Waals surface area contributed by atoms with Crippen molar-refractivity contribution in [3.8, 4) is 0 Å². The quantitative estimate of drug-likeness (QED) is 0.802. The number of pyridine rings is 1. The van der Waals surface area contributed by atoms with Crippen molar-refractivity contribution in [2.45, 2.75) is 20.4 Å². The summed E-state index contributed by atoms with van der Waals surface area (Å²) in [5.74, 6) is -0.122. The van der Waals surface area contributed by atoms with Gasteiger partial charge in [-0.25, -0.2) is 4.98 Å². The largest absolute Gasteiger partial charge is 0.350 e. The molecule has 3 aromatic heterocycles. The van der Waals surface area contributed by atoms with Gasteiger partial charge in [0.05, 0.1) is 28.5 Å². The average Bonchev–Trinajstić information content (AvgIpc) is 3.07. The summed E-state index contributed by atoms with van der Waals surface area (Å²) < 4.78 is 3.62. The van der Waals surface area contributed by atoms with Gasteiger partial charge in [0.25, 0.3) is 5.91 Å². The SMILES string of the molecule is Cc1nn(CCNC(=O)c2ccc3nccn3c2)c(C)c1Cl. The van der Waals surface area contributed by atoms with Gasteiger partial charge in [-0.05, 0) is 26.0 Å². The second-order valence-electron chi connectivity index (χ2n) is 5.07. The molecule has 114 valence electrons. The lowest BCUT2D eigenvalue weighted by atomic mass is 10.2. The van der Waals surface area contributed by atoms with Crippen LogP contribution in [0, 0.1) is 13.8 Å². The lowest BCUT2D eigenvalue weighted by Crippen LogP contribution is -2.28. The second-order valence-corrected chi connectivity index (χ2v) is 5.45. The Bertz CT molecular complexity index is 836. The minimum atomic E-state index is -0.122. The minimum absolute atomic E-state index is 0.122. The van der Waals surface area contributed by atoms with Gasteiger partial charge in [-0.1, -0.05) is 11.6 Å². The topological polar surface area (TPSA) is 64.2 Å². The number of imidazole rings is 1. The second kappa shape index (κ2) is 5.81. The molecule has 0 aliphatic carbocycles. The highest BCUT2D eigenvalue weighted by molar-refractivity contribution is 6.31. The van der Waals surface area contributed by atoms with E-state index in [9.17, 15) is 4.79 Å². The van der Waals surface area contributed by atoms with E-state index in [-0.39, 0.29) is 5.91 Å². The van der Waals surface area contributed by atoms with Crippen LogP contribution in [-0.2, 0) is 6.54 Å². The van der Waals surface area contributed by atoms with Crippen LogP contribution in [0.2, 0.25) is 5.02 Å². The molecule has 0 aliphatic rings. The summed E-state index contributed by atoms with van der Waals surface area (Å²) >= 11 is 6.10. The van der Waals surface area contributed by atoms with Crippen molar-refractivity contribution in [1.82, 2.24) is 24.5 Å². The van der Waals surface area contributed by atoms with Crippen LogP contribution in [0.4, 0.5) is 0 Å². The molecular formula is C15H16ClN5O. The molecule has 3 aromatic rings. The van der Waals surface area contributed by atoms with E-state index in [2.05, 4.69) is 15.4 Å². The summed E-state index contributed by atoms with van der Waals surface area (Å²) in [4.78, 5) is 16.3. The van der Waals surface area contributed by atoms with Gasteiger partial charge in [0.2, 0.25) is 0 Å². The zero-order valence-corrected chi connectivity index (χ0v) is 13.1. The number of halogens is 1. The first-order valence-electron chi connectivity index (χ1n) is 6.96. The van der Waals surface area contributed by atoms with Crippen LogP contribution in [-0.4, -0.2) is 31.6 Å². The minimum Gasteiger partial charge on any atom is -0.350 e. The Morgan fingerprint density at radius 3 is 2.91 bits per heavy atom. The molecule has 0 unspecified atom stereocenters. The Balaban J connectivity index is 1.63. The van der Waals surface area contributed by atoms with Gasteiger partial charge in [-0.2, -0.15) is 5.10 Å². The first-order chi connectivity index (χ1) is 10.6. The van der Waals surface area contributed by atoms with Gasteiger partial charge in [0.15, 0.2) is 0 Å². The normalized spacial score (nSPS) is 11.0. The fraction of sp³-hybridized carbons (Fsp3) is 0.267. The Morgan fingerprint density at radius 1 is 1.36 bits per heavy atom. The van der Waals surface area contributed by atoms with E-state index in [4.69, 9.17) is 11.6 Å². The van der Waals surface area contributed by atoms with Gasteiger partial charge in [0, 0.05) is 25.1 Å². The molecule has 0 radical (unpaired) electrons. The van der Waals surface area contributed by atoms with Crippen LogP contribution >= 0.6 is 11.6 Å². The van der Waals surface area contributed by atoms with E-state index in [1.54, 1.807) is 23.1 Å². The van der Waals surface area contributed by atoms with Crippen molar-refractivity contribution in [3.63, 3.8) is 0 Å². The van der Waals surface area contributed by atoms with E-state index in [1.165, 1.54) is 0 Å². The summed E-state index contributed by atoms with van der Waals surface area (Å²) in [5, 5.41) is 7.90. The molecular weight excluding hydrogens is 302 g/mol. The predicted octanol–water partition coefficient (Wildman–Crippen LogP) is 2.23. The number of nitrogens with zero attached hydrogens (tertiary/aromatic N) is 4. The number of nitrogens with one attached hydrogen (secondary N) is 1. The zero-order valence-electron chi connectivity index (χ0n) is 12.4. The first-order valence-corrected chi connectivity index (χ1v) is 7.34. The third-order valence-electron chi connectivity index (χ3n) is 3.55. The van der Waals surface area contributed by atoms with Crippen LogP contribution in [0.15, 0.2) is 30.7 Å². The molecule has 0 saturated heterocycles. The number of amides is 1. The number of hydrogen-bond donors (Lipinski definition) is 1. The Labute approximate surface area is 132 Å². The molecule has 0 saturated carbocycles. The van der Waals surface area contributed by atoms with Gasteiger partial charge in [-0.15, -0.1) is 0 Å². The molecule has 7 heteroatoms. The molecule has 0 fully saturated rings. The molecule has 0 aliphatic heterocycles. The van der Waals surface area contributed by atoms with Gasteiger partial charge < -0.3 is 9.72 Å². The highest BCUT2D eigenvalue weighted by atomic mass is 35.5. The summed E-state index contributed by atoms with van der Waals surface area (Å²) in [7, 11) is 0. The molecule has 6 nitrogen and oxygen atoms in total. The Kier molecular flexibility index (Phi) is 3.85. The zero-order chi connectivity index (χ0) is 15.7. The molecule has 1 N–H and O–H groups in total. The van der Waals surface area contributed by atoms with Crippen molar-refractivity contribution in [1.29, 1.82) is 0 Å². The molecule has 22 heavy (non-hydrogen) atoms. The number of aromatic nitrogens is 4. The summed E-state index contributed by atoms with van der Waals surface area (Å²) in [6, 6.07) is 3.58. The van der Waals surface area contributed by atoms with Crippen molar-refractivity contribution in [3.05, 3.63) is 52.7 Å². The summed E-state index contributed by atoms with van der Waals surface area (Å²) in [6.07, 6.45) is 5.27. The summed E-state index contributed by atoms with van der Waals surface area (Å²) in [6.45, 7) is 4.85. The third kappa shape index (κ3) is 2.69. The van der Waals surface area contributed by atoms with E-state index >= 15 is 0 Å². The first kappa shape index (κ1) is 14.6. The number of carbonyl (C=O) groups excluding carboxylic acids is 1. The van der Waals surface area contributed by atoms with Gasteiger partial charge in [-0.3, -0.25) is 9.48 Å². The van der Waals surface area contributed by atoms with E-state index < -0.39 is 0 Å². The van der Waals surface area contributed by atoms with Crippen LogP contribution < -0.4 is 5.32 Å². The third-order valence-corrected chi connectivity index (χ3v) is 4.10. The van der Waals surface area contributed by atoms with Crippen molar-refractivity contribution in [2.75, 3.05) is 6.54 Å². The average molecular weight is 318 g/mol. The lowest BCUT2D eigenvalue weighted by molar-refractivity contribution is 0.0951. The fourth-order valence-corrected chi connectivity index (χ4v) is 2.46. The smallest absolute Gasteiger partial charge is 0.252 e. The van der Waals surface area contributed by atoms with E-state index in [1.807, 2.05) is 30.5 Å². The lowest BCUT2D eigenvalue weighted by Gasteiger charge is -2.07. The predicted molar refractivity (Wildman–Crippen MR) is 84.2 cm³/mol. The fourth-order valence-electron chi connectivity index (χ4n) is 2.32. The molecule has 0 bridgehead atoms. The Morgan fingerprint density at radius 2 is 2.18 bits per heavy atom. The van der Waals surface area contributed by atoms with E-state index in [0.29, 0.717) is 23.7 Å². The summed E-state index contributed by atoms with van der Waals surface area (Å²) in [5.41, 5.74) is 3.12. The molecule has 0 spiro atoms. The Hall–Kier alpha value is -2.34. The van der Waals surface area contributed by atoms with Crippen LogP contribution in [0.25, 0.3) is 5.65 Å². The maximum absolute atomic E-state index is 12.2.